The van der Waals surface area contributed by atoms with Crippen LogP contribution in [0.25, 0.3) is 0 Å². The summed E-state index contributed by atoms with van der Waals surface area (Å²) >= 11 is 0. The third kappa shape index (κ3) is 2.81. The first-order valence-electron chi connectivity index (χ1n) is 7.13. The lowest BCUT2D eigenvalue weighted by Gasteiger charge is -2.20. The Morgan fingerprint density at radius 3 is 2.48 bits per heavy atom. The summed E-state index contributed by atoms with van der Waals surface area (Å²) in [5.41, 5.74) is 2.63. The number of nitrogens with one attached hydrogen (secondary N) is 1. The van der Waals surface area contributed by atoms with E-state index in [1.54, 1.807) is 18.2 Å². The summed E-state index contributed by atoms with van der Waals surface area (Å²) in [6, 6.07) is 4.97. The summed E-state index contributed by atoms with van der Waals surface area (Å²) in [6.45, 7) is 8.57. The monoisotopic (exact) mass is 291 g/mol. The van der Waals surface area contributed by atoms with Gasteiger partial charge in [-0.1, -0.05) is 19.1 Å². The van der Waals surface area contributed by atoms with Crippen molar-refractivity contribution in [2.24, 2.45) is 0 Å². The fourth-order valence-electron chi connectivity index (χ4n) is 2.71. The van der Waals surface area contributed by atoms with Crippen LogP contribution in [0.2, 0.25) is 0 Å². The van der Waals surface area contributed by atoms with Gasteiger partial charge in [-0.3, -0.25) is 0 Å². The molecule has 0 saturated heterocycles. The topological polar surface area (TPSA) is 34.4 Å². The Morgan fingerprint density at radius 2 is 1.95 bits per heavy atom. The third-order valence-corrected chi connectivity index (χ3v) is 3.84. The number of ether oxygens (including phenoxy) is 1. The van der Waals surface area contributed by atoms with Gasteiger partial charge in [-0.25, -0.2) is 4.39 Å². The molecule has 0 aliphatic rings. The Morgan fingerprint density at radius 1 is 1.24 bits per heavy atom. The Bertz CT molecular complexity index is 634. The average Bonchev–Trinajstić information content (AvgIpc) is 2.71. The van der Waals surface area contributed by atoms with E-state index in [9.17, 15) is 4.39 Å². The minimum Gasteiger partial charge on any atom is -0.494 e. The molecule has 0 aliphatic carbocycles. The Balaban J connectivity index is 2.59. The van der Waals surface area contributed by atoms with Crippen LogP contribution in [0.15, 0.2) is 22.6 Å². The first kappa shape index (κ1) is 15.6. The Kier molecular flexibility index (Phi) is 4.68. The lowest BCUT2D eigenvalue weighted by molar-refractivity contribution is 0.381. The molecule has 0 fully saturated rings. The van der Waals surface area contributed by atoms with Crippen molar-refractivity contribution in [1.29, 1.82) is 0 Å². The fraction of sp³-hybridized carbons (Fsp3) is 0.412. The molecule has 0 bridgehead atoms. The third-order valence-electron chi connectivity index (χ3n) is 3.84. The lowest BCUT2D eigenvalue weighted by atomic mass is 9.94. The maximum absolute atomic E-state index is 14.6. The highest BCUT2D eigenvalue weighted by Gasteiger charge is 2.25. The number of aryl methyl sites for hydroxylation is 2. The summed E-state index contributed by atoms with van der Waals surface area (Å²) < 4.78 is 25.4. The van der Waals surface area contributed by atoms with Crippen LogP contribution in [0.1, 0.15) is 41.2 Å². The second kappa shape index (κ2) is 6.31. The molecule has 1 unspecified atom stereocenters. The molecule has 4 heteroatoms. The molecule has 0 aliphatic heterocycles. The number of methoxy groups -OCH3 is 1. The van der Waals surface area contributed by atoms with Crippen molar-refractivity contribution >= 4 is 0 Å². The number of furan rings is 1. The maximum atomic E-state index is 14.6. The molecule has 0 amide bonds. The summed E-state index contributed by atoms with van der Waals surface area (Å²) in [6.07, 6.45) is 0. The number of benzene rings is 1. The van der Waals surface area contributed by atoms with E-state index in [4.69, 9.17) is 9.15 Å². The zero-order valence-electron chi connectivity index (χ0n) is 13.2. The van der Waals surface area contributed by atoms with Gasteiger partial charge in [0, 0.05) is 11.1 Å². The molecule has 21 heavy (non-hydrogen) atoms. The van der Waals surface area contributed by atoms with Gasteiger partial charge in [0.25, 0.3) is 0 Å². The van der Waals surface area contributed by atoms with E-state index in [1.807, 2.05) is 27.7 Å². The molecule has 3 nitrogen and oxygen atoms in total. The summed E-state index contributed by atoms with van der Waals surface area (Å²) in [7, 11) is 1.48. The van der Waals surface area contributed by atoms with Gasteiger partial charge in [0.05, 0.1) is 13.2 Å². The lowest BCUT2D eigenvalue weighted by Crippen LogP contribution is -2.24. The van der Waals surface area contributed by atoms with Gasteiger partial charge in [0.2, 0.25) is 0 Å². The molecule has 0 radical (unpaired) electrons. The van der Waals surface area contributed by atoms with Crippen molar-refractivity contribution in [3.05, 3.63) is 52.2 Å². The van der Waals surface area contributed by atoms with Gasteiger partial charge in [-0.15, -0.1) is 0 Å². The second-order valence-electron chi connectivity index (χ2n) is 5.11. The summed E-state index contributed by atoms with van der Waals surface area (Å²) in [5.74, 6) is 1.61. The Hall–Kier alpha value is -1.81. The van der Waals surface area contributed by atoms with Crippen LogP contribution in [0, 0.1) is 26.6 Å². The van der Waals surface area contributed by atoms with Crippen molar-refractivity contribution in [3.8, 4) is 5.75 Å². The van der Waals surface area contributed by atoms with Crippen LogP contribution in [0.4, 0.5) is 4.39 Å². The van der Waals surface area contributed by atoms with Gasteiger partial charge in [0.15, 0.2) is 11.6 Å². The minimum absolute atomic E-state index is 0.248. The normalized spacial score (nSPS) is 12.5. The Labute approximate surface area is 125 Å². The van der Waals surface area contributed by atoms with Gasteiger partial charge in [-0.05, 0) is 38.9 Å². The predicted molar refractivity (Wildman–Crippen MR) is 81.4 cm³/mol. The van der Waals surface area contributed by atoms with Crippen LogP contribution in [0.3, 0.4) is 0 Å². The van der Waals surface area contributed by atoms with Gasteiger partial charge >= 0.3 is 0 Å². The number of rotatable bonds is 5. The molecule has 2 aromatic rings. The highest BCUT2D eigenvalue weighted by molar-refractivity contribution is 5.43. The van der Waals surface area contributed by atoms with E-state index in [-0.39, 0.29) is 17.6 Å². The molecule has 0 spiro atoms. The van der Waals surface area contributed by atoms with Gasteiger partial charge in [0.1, 0.15) is 11.5 Å². The molecular formula is C17H22FNO2. The standard InChI is InChI=1S/C17H22FNO2/c1-6-19-17(15-10(2)11(3)21-12(15)4)13-8-7-9-14(20-5)16(13)18/h7-9,17,19H,6H2,1-5H3. The zero-order valence-corrected chi connectivity index (χ0v) is 13.2. The fourth-order valence-corrected chi connectivity index (χ4v) is 2.71. The van der Waals surface area contributed by atoms with Crippen LogP contribution in [0.5, 0.6) is 5.75 Å². The molecule has 1 atom stereocenters. The summed E-state index contributed by atoms with van der Waals surface area (Å²) in [5, 5.41) is 3.35. The van der Waals surface area contributed by atoms with Crippen molar-refractivity contribution in [2.45, 2.75) is 33.7 Å². The molecule has 1 N–H and O–H groups in total. The van der Waals surface area contributed by atoms with E-state index in [0.717, 1.165) is 29.2 Å². The SMILES string of the molecule is CCNC(c1cccc(OC)c1F)c1c(C)oc(C)c1C. The largest absolute Gasteiger partial charge is 0.494 e. The number of hydrogen-bond donors (Lipinski definition) is 1. The number of hydrogen-bond acceptors (Lipinski definition) is 3. The van der Waals surface area contributed by atoms with Gasteiger partial charge in [-0.2, -0.15) is 0 Å². The molecule has 0 saturated carbocycles. The van der Waals surface area contributed by atoms with Crippen LogP contribution in [-0.2, 0) is 0 Å². The predicted octanol–water partition coefficient (Wildman–Crippen LogP) is 4.05. The van der Waals surface area contributed by atoms with Crippen LogP contribution < -0.4 is 10.1 Å². The van der Waals surface area contributed by atoms with Crippen molar-refractivity contribution < 1.29 is 13.5 Å². The molecule has 114 valence electrons. The second-order valence-corrected chi connectivity index (χ2v) is 5.11. The zero-order chi connectivity index (χ0) is 15.6. The molecular weight excluding hydrogens is 269 g/mol. The first-order chi connectivity index (χ1) is 10.0. The van der Waals surface area contributed by atoms with E-state index in [2.05, 4.69) is 5.32 Å². The summed E-state index contributed by atoms with van der Waals surface area (Å²) in [4.78, 5) is 0. The minimum atomic E-state index is -0.330. The molecule has 1 aromatic heterocycles. The number of halogens is 1. The highest BCUT2D eigenvalue weighted by atomic mass is 19.1. The van der Waals surface area contributed by atoms with Crippen molar-refractivity contribution in [1.82, 2.24) is 5.32 Å². The van der Waals surface area contributed by atoms with Crippen molar-refractivity contribution in [3.63, 3.8) is 0 Å². The molecule has 1 heterocycles. The maximum Gasteiger partial charge on any atom is 0.170 e. The van der Waals surface area contributed by atoms with E-state index < -0.39 is 0 Å². The van der Waals surface area contributed by atoms with Crippen LogP contribution >= 0.6 is 0 Å². The first-order valence-corrected chi connectivity index (χ1v) is 7.13. The van der Waals surface area contributed by atoms with E-state index in [1.165, 1.54) is 7.11 Å². The van der Waals surface area contributed by atoms with Crippen LogP contribution in [-0.4, -0.2) is 13.7 Å². The van der Waals surface area contributed by atoms with E-state index >= 15 is 0 Å². The smallest absolute Gasteiger partial charge is 0.170 e. The highest BCUT2D eigenvalue weighted by Crippen LogP contribution is 2.34. The molecule has 1 aromatic carbocycles. The van der Waals surface area contributed by atoms with E-state index in [0.29, 0.717) is 5.56 Å². The average molecular weight is 291 g/mol. The quantitative estimate of drug-likeness (QED) is 0.902. The molecule has 2 rings (SSSR count). The van der Waals surface area contributed by atoms with Crippen molar-refractivity contribution in [2.75, 3.05) is 13.7 Å². The van der Waals surface area contributed by atoms with Gasteiger partial charge < -0.3 is 14.5 Å².